The highest BCUT2D eigenvalue weighted by Crippen LogP contribution is 2.49. The Kier molecular flexibility index (Phi) is 2.17. The normalized spacial score (nSPS) is 25.6. The van der Waals surface area contributed by atoms with Crippen LogP contribution in [0.25, 0.3) is 0 Å². The molecule has 2 atom stereocenters. The second-order valence-electron chi connectivity index (χ2n) is 3.68. The number of hydrogen-bond acceptors (Lipinski definition) is 0. The molecule has 0 nitrogen and oxygen atoms in total. The molecule has 68 valence electrons. The lowest BCUT2D eigenvalue weighted by atomic mass is 10.1. The van der Waals surface area contributed by atoms with Crippen LogP contribution in [0.5, 0.6) is 0 Å². The van der Waals surface area contributed by atoms with Gasteiger partial charge in [-0.15, -0.1) is 6.58 Å². The largest absolute Gasteiger partial charge is 0.207 e. The third-order valence-electron chi connectivity index (χ3n) is 2.69. The van der Waals surface area contributed by atoms with Crippen LogP contribution < -0.4 is 0 Å². The SMILES string of the molecule is C=CCC1C[C@@H]1c1ccc(F)cc1. The number of rotatable bonds is 3. The van der Waals surface area contributed by atoms with E-state index in [2.05, 4.69) is 6.58 Å². The van der Waals surface area contributed by atoms with E-state index in [-0.39, 0.29) is 5.82 Å². The zero-order valence-corrected chi connectivity index (χ0v) is 7.54. The maximum atomic E-state index is 12.6. The number of halogens is 1. The van der Waals surface area contributed by atoms with Gasteiger partial charge in [-0.1, -0.05) is 18.2 Å². The van der Waals surface area contributed by atoms with Crippen molar-refractivity contribution in [2.24, 2.45) is 5.92 Å². The van der Waals surface area contributed by atoms with Crippen molar-refractivity contribution in [3.63, 3.8) is 0 Å². The summed E-state index contributed by atoms with van der Waals surface area (Å²) in [5, 5.41) is 0. The molecule has 0 N–H and O–H groups in total. The van der Waals surface area contributed by atoms with Gasteiger partial charge >= 0.3 is 0 Å². The average Bonchev–Trinajstić information content (AvgIpc) is 2.86. The number of allylic oxidation sites excluding steroid dienone is 1. The quantitative estimate of drug-likeness (QED) is 0.618. The highest BCUT2D eigenvalue weighted by molar-refractivity contribution is 5.26. The van der Waals surface area contributed by atoms with Gasteiger partial charge in [-0.25, -0.2) is 4.39 Å². The molecule has 0 saturated heterocycles. The van der Waals surface area contributed by atoms with Gasteiger partial charge in [0.1, 0.15) is 5.82 Å². The first-order valence-corrected chi connectivity index (χ1v) is 4.67. The standard InChI is InChI=1S/C12H13F/c1-2-3-10-8-12(10)9-4-6-11(13)7-5-9/h2,4-7,10,12H,1,3,8H2/t10?,12-/m1/s1. The molecule has 0 amide bonds. The van der Waals surface area contributed by atoms with E-state index in [0.29, 0.717) is 5.92 Å². The van der Waals surface area contributed by atoms with Gasteiger partial charge in [-0.3, -0.25) is 0 Å². The van der Waals surface area contributed by atoms with Crippen LogP contribution in [0.1, 0.15) is 24.3 Å². The predicted octanol–water partition coefficient (Wildman–Crippen LogP) is 3.51. The Morgan fingerprint density at radius 2 is 2.08 bits per heavy atom. The van der Waals surface area contributed by atoms with Crippen LogP contribution in [0.3, 0.4) is 0 Å². The van der Waals surface area contributed by atoms with Crippen LogP contribution in [-0.2, 0) is 0 Å². The van der Waals surface area contributed by atoms with Crippen molar-refractivity contribution in [3.05, 3.63) is 48.3 Å². The van der Waals surface area contributed by atoms with E-state index in [4.69, 9.17) is 0 Å². The molecule has 1 unspecified atom stereocenters. The third-order valence-corrected chi connectivity index (χ3v) is 2.69. The number of benzene rings is 1. The Morgan fingerprint density at radius 3 is 2.69 bits per heavy atom. The molecule has 0 heterocycles. The van der Waals surface area contributed by atoms with E-state index in [1.165, 1.54) is 12.0 Å². The van der Waals surface area contributed by atoms with E-state index in [1.807, 2.05) is 18.2 Å². The molecular formula is C12H13F. The molecule has 0 radical (unpaired) electrons. The smallest absolute Gasteiger partial charge is 0.123 e. The molecule has 1 aliphatic rings. The molecular weight excluding hydrogens is 163 g/mol. The van der Waals surface area contributed by atoms with E-state index >= 15 is 0 Å². The van der Waals surface area contributed by atoms with E-state index in [1.54, 1.807) is 12.1 Å². The summed E-state index contributed by atoms with van der Waals surface area (Å²) < 4.78 is 12.6. The first kappa shape index (κ1) is 8.49. The first-order valence-electron chi connectivity index (χ1n) is 4.67. The molecule has 0 bridgehead atoms. The summed E-state index contributed by atoms with van der Waals surface area (Å²) >= 11 is 0. The Bertz CT molecular complexity index is 299. The topological polar surface area (TPSA) is 0 Å². The van der Waals surface area contributed by atoms with Gasteiger partial charge < -0.3 is 0 Å². The Hall–Kier alpha value is -1.11. The van der Waals surface area contributed by atoms with Crippen molar-refractivity contribution in [1.82, 2.24) is 0 Å². The second kappa shape index (κ2) is 3.33. The van der Waals surface area contributed by atoms with E-state index in [9.17, 15) is 4.39 Å². The fraction of sp³-hybridized carbons (Fsp3) is 0.333. The zero-order valence-electron chi connectivity index (χ0n) is 7.54. The van der Waals surface area contributed by atoms with Gasteiger partial charge in [0.15, 0.2) is 0 Å². The molecule has 1 aliphatic carbocycles. The fourth-order valence-corrected chi connectivity index (χ4v) is 1.84. The molecule has 2 rings (SSSR count). The molecule has 1 fully saturated rings. The Morgan fingerprint density at radius 1 is 1.38 bits per heavy atom. The molecule has 0 aliphatic heterocycles. The van der Waals surface area contributed by atoms with Gasteiger partial charge in [0.25, 0.3) is 0 Å². The maximum absolute atomic E-state index is 12.6. The second-order valence-corrected chi connectivity index (χ2v) is 3.68. The molecule has 0 aromatic heterocycles. The van der Waals surface area contributed by atoms with Crippen molar-refractivity contribution in [2.45, 2.75) is 18.8 Å². The Balaban J connectivity index is 2.03. The van der Waals surface area contributed by atoms with Crippen LogP contribution in [0, 0.1) is 11.7 Å². The highest BCUT2D eigenvalue weighted by Gasteiger charge is 2.36. The minimum Gasteiger partial charge on any atom is -0.207 e. The van der Waals surface area contributed by atoms with Crippen molar-refractivity contribution >= 4 is 0 Å². The van der Waals surface area contributed by atoms with E-state index in [0.717, 1.165) is 12.3 Å². The molecule has 1 heteroatoms. The lowest BCUT2D eigenvalue weighted by Crippen LogP contribution is -1.83. The van der Waals surface area contributed by atoms with Crippen molar-refractivity contribution < 1.29 is 4.39 Å². The summed E-state index contributed by atoms with van der Waals surface area (Å²) in [4.78, 5) is 0. The first-order chi connectivity index (χ1) is 6.31. The molecule has 1 aromatic rings. The molecule has 1 saturated carbocycles. The summed E-state index contributed by atoms with van der Waals surface area (Å²) in [6.45, 7) is 3.72. The monoisotopic (exact) mass is 176 g/mol. The van der Waals surface area contributed by atoms with Crippen molar-refractivity contribution in [2.75, 3.05) is 0 Å². The minimum atomic E-state index is -0.148. The van der Waals surface area contributed by atoms with Gasteiger partial charge in [-0.05, 0) is 42.4 Å². The van der Waals surface area contributed by atoms with Gasteiger partial charge in [-0.2, -0.15) is 0 Å². The van der Waals surface area contributed by atoms with Gasteiger partial charge in [0.05, 0.1) is 0 Å². The molecule has 1 aromatic carbocycles. The minimum absolute atomic E-state index is 0.148. The van der Waals surface area contributed by atoms with Crippen molar-refractivity contribution in [1.29, 1.82) is 0 Å². The summed E-state index contributed by atoms with van der Waals surface area (Å²) in [6.07, 6.45) is 4.29. The maximum Gasteiger partial charge on any atom is 0.123 e. The summed E-state index contributed by atoms with van der Waals surface area (Å²) in [5.74, 6) is 1.26. The highest BCUT2D eigenvalue weighted by atomic mass is 19.1. The van der Waals surface area contributed by atoms with E-state index < -0.39 is 0 Å². The summed E-state index contributed by atoms with van der Waals surface area (Å²) in [5.41, 5.74) is 1.27. The lowest BCUT2D eigenvalue weighted by molar-refractivity contribution is 0.626. The molecule has 13 heavy (non-hydrogen) atoms. The summed E-state index contributed by atoms with van der Waals surface area (Å²) in [7, 11) is 0. The molecule has 0 spiro atoms. The third kappa shape index (κ3) is 1.80. The van der Waals surface area contributed by atoms with Gasteiger partial charge in [0, 0.05) is 0 Å². The fourth-order valence-electron chi connectivity index (χ4n) is 1.84. The van der Waals surface area contributed by atoms with Crippen LogP contribution in [0.2, 0.25) is 0 Å². The number of hydrogen-bond donors (Lipinski definition) is 0. The summed E-state index contributed by atoms with van der Waals surface area (Å²) in [6, 6.07) is 6.86. The lowest BCUT2D eigenvalue weighted by Gasteiger charge is -1.97. The van der Waals surface area contributed by atoms with Crippen molar-refractivity contribution in [3.8, 4) is 0 Å². The average molecular weight is 176 g/mol. The van der Waals surface area contributed by atoms with Crippen LogP contribution in [0.4, 0.5) is 4.39 Å². The Labute approximate surface area is 78.1 Å². The van der Waals surface area contributed by atoms with Crippen LogP contribution in [-0.4, -0.2) is 0 Å². The van der Waals surface area contributed by atoms with Crippen LogP contribution >= 0.6 is 0 Å². The van der Waals surface area contributed by atoms with Gasteiger partial charge in [0.2, 0.25) is 0 Å². The zero-order chi connectivity index (χ0) is 9.26. The van der Waals surface area contributed by atoms with Crippen LogP contribution in [0.15, 0.2) is 36.9 Å². The predicted molar refractivity (Wildman–Crippen MR) is 52.1 cm³/mol.